The van der Waals surface area contributed by atoms with Crippen LogP contribution in [0.5, 0.6) is 0 Å². The number of aromatic nitrogens is 5. The fraction of sp³-hybridized carbons (Fsp3) is 0.238. The van der Waals surface area contributed by atoms with Crippen LogP contribution in [-0.2, 0) is 6.54 Å². The highest BCUT2D eigenvalue weighted by atomic mass is 19.3. The first-order valence-electron chi connectivity index (χ1n) is 9.28. The lowest BCUT2D eigenvalue weighted by Crippen LogP contribution is -2.26. The van der Waals surface area contributed by atoms with E-state index in [-0.39, 0.29) is 5.69 Å². The van der Waals surface area contributed by atoms with Crippen molar-refractivity contribution >= 4 is 5.65 Å². The number of pyridine rings is 2. The van der Waals surface area contributed by atoms with E-state index in [2.05, 4.69) is 21.1 Å². The van der Waals surface area contributed by atoms with Crippen LogP contribution in [0.25, 0.3) is 28.0 Å². The number of imidazole rings is 1. The van der Waals surface area contributed by atoms with E-state index in [4.69, 9.17) is 0 Å². The summed E-state index contributed by atoms with van der Waals surface area (Å²) >= 11 is 0. The molecule has 0 spiro atoms. The van der Waals surface area contributed by atoms with Crippen molar-refractivity contribution < 1.29 is 8.78 Å². The van der Waals surface area contributed by atoms with Gasteiger partial charge in [-0.1, -0.05) is 0 Å². The zero-order valence-corrected chi connectivity index (χ0v) is 15.3. The van der Waals surface area contributed by atoms with E-state index in [1.165, 1.54) is 4.68 Å². The highest BCUT2D eigenvalue weighted by molar-refractivity contribution is 5.81. The third kappa shape index (κ3) is 3.25. The fourth-order valence-corrected chi connectivity index (χ4v) is 3.47. The van der Waals surface area contributed by atoms with Gasteiger partial charge in [-0.3, -0.25) is 4.68 Å². The summed E-state index contributed by atoms with van der Waals surface area (Å²) in [6, 6.07) is 9.20. The van der Waals surface area contributed by atoms with E-state index in [9.17, 15) is 14.0 Å². The van der Waals surface area contributed by atoms with Gasteiger partial charge >= 0.3 is 0 Å². The number of alkyl halides is 2. The number of hydrogen-bond donors (Lipinski definition) is 0. The van der Waals surface area contributed by atoms with Crippen LogP contribution < -0.4 is 0 Å². The van der Waals surface area contributed by atoms with Crippen LogP contribution in [0.3, 0.4) is 0 Å². The van der Waals surface area contributed by atoms with Crippen molar-refractivity contribution in [1.82, 2.24) is 24.1 Å². The zero-order valence-electron chi connectivity index (χ0n) is 15.3. The standard InChI is InChI=1S/C21H16F2N6/c22-21(23,16-1-2-16)13-29-12-15(11-26-29)18-4-3-17(10-24)27-20(18)14-5-7-28-8-6-25-19(28)9-14/h3-9,11-12,16H,1-2,13H2. The number of nitriles is 1. The Morgan fingerprint density at radius 2 is 2.03 bits per heavy atom. The average molecular weight is 390 g/mol. The van der Waals surface area contributed by atoms with Gasteiger partial charge in [0, 0.05) is 47.4 Å². The van der Waals surface area contributed by atoms with Gasteiger partial charge in [-0.15, -0.1) is 0 Å². The second-order valence-electron chi connectivity index (χ2n) is 7.27. The molecule has 0 aromatic carbocycles. The van der Waals surface area contributed by atoms with Crippen LogP contribution in [0.15, 0.2) is 55.2 Å². The van der Waals surface area contributed by atoms with Crippen LogP contribution in [-0.4, -0.2) is 30.1 Å². The Morgan fingerprint density at radius 1 is 1.17 bits per heavy atom. The zero-order chi connectivity index (χ0) is 20.0. The predicted molar refractivity (Wildman–Crippen MR) is 102 cm³/mol. The average Bonchev–Trinajstić information content (AvgIpc) is 3.34. The number of hydrogen-bond acceptors (Lipinski definition) is 4. The summed E-state index contributed by atoms with van der Waals surface area (Å²) in [5.74, 6) is -3.29. The Bertz CT molecular complexity index is 1250. The first-order chi connectivity index (χ1) is 14.0. The minimum Gasteiger partial charge on any atom is -0.307 e. The molecular weight excluding hydrogens is 374 g/mol. The second kappa shape index (κ2) is 6.48. The Balaban J connectivity index is 1.56. The largest absolute Gasteiger partial charge is 0.307 e. The maximum atomic E-state index is 14.1. The minimum atomic E-state index is -2.75. The Hall–Kier alpha value is -3.60. The van der Waals surface area contributed by atoms with Crippen molar-refractivity contribution in [3.05, 3.63) is 60.9 Å². The lowest BCUT2D eigenvalue weighted by Gasteiger charge is -2.15. The van der Waals surface area contributed by atoms with Crippen LogP contribution in [0, 0.1) is 17.2 Å². The summed E-state index contributed by atoms with van der Waals surface area (Å²) in [7, 11) is 0. The molecule has 0 radical (unpaired) electrons. The summed E-state index contributed by atoms with van der Waals surface area (Å²) in [6.45, 7) is -0.434. The molecule has 6 nitrogen and oxygen atoms in total. The lowest BCUT2D eigenvalue weighted by atomic mass is 10.0. The smallest absolute Gasteiger partial charge is 0.270 e. The van der Waals surface area contributed by atoms with Crippen LogP contribution in [0.2, 0.25) is 0 Å². The molecule has 0 amide bonds. The van der Waals surface area contributed by atoms with Crippen LogP contribution in [0.4, 0.5) is 8.78 Å². The minimum absolute atomic E-state index is 0.277. The van der Waals surface area contributed by atoms with Crippen molar-refractivity contribution in [2.45, 2.75) is 25.3 Å². The van der Waals surface area contributed by atoms with Gasteiger partial charge in [0.25, 0.3) is 5.92 Å². The van der Waals surface area contributed by atoms with Gasteiger partial charge in [-0.25, -0.2) is 18.7 Å². The van der Waals surface area contributed by atoms with Crippen molar-refractivity contribution in [3.8, 4) is 28.5 Å². The van der Waals surface area contributed by atoms with Gasteiger partial charge in [0.2, 0.25) is 0 Å². The van der Waals surface area contributed by atoms with Crippen LogP contribution in [0.1, 0.15) is 18.5 Å². The van der Waals surface area contributed by atoms with Gasteiger partial charge in [0.15, 0.2) is 0 Å². The van der Waals surface area contributed by atoms with E-state index in [1.807, 2.05) is 28.9 Å². The van der Waals surface area contributed by atoms with Gasteiger partial charge < -0.3 is 4.40 Å². The molecule has 4 aromatic rings. The SMILES string of the molecule is N#Cc1ccc(-c2cnn(CC(F)(F)C3CC3)c2)c(-c2ccn3ccnc3c2)n1. The topological polar surface area (TPSA) is 71.8 Å². The summed E-state index contributed by atoms with van der Waals surface area (Å²) < 4.78 is 31.5. The molecule has 0 N–H and O–H groups in total. The molecule has 0 bridgehead atoms. The molecule has 0 atom stereocenters. The number of rotatable bonds is 5. The summed E-state index contributed by atoms with van der Waals surface area (Å²) in [5, 5.41) is 13.4. The monoisotopic (exact) mass is 390 g/mol. The van der Waals surface area contributed by atoms with Crippen molar-refractivity contribution in [2.75, 3.05) is 0 Å². The Morgan fingerprint density at radius 3 is 2.83 bits per heavy atom. The molecule has 0 saturated heterocycles. The molecule has 1 fully saturated rings. The van der Waals surface area contributed by atoms with Gasteiger partial charge in [-0.2, -0.15) is 10.4 Å². The fourth-order valence-electron chi connectivity index (χ4n) is 3.47. The van der Waals surface area contributed by atoms with E-state index < -0.39 is 18.4 Å². The lowest BCUT2D eigenvalue weighted by molar-refractivity contribution is -0.0414. The third-order valence-corrected chi connectivity index (χ3v) is 5.17. The van der Waals surface area contributed by atoms with E-state index >= 15 is 0 Å². The first-order valence-corrected chi connectivity index (χ1v) is 9.28. The highest BCUT2D eigenvalue weighted by Crippen LogP contribution is 2.44. The molecule has 8 heteroatoms. The molecule has 1 saturated carbocycles. The molecule has 4 heterocycles. The molecule has 1 aliphatic rings. The molecule has 29 heavy (non-hydrogen) atoms. The van der Waals surface area contributed by atoms with Crippen LogP contribution >= 0.6 is 0 Å². The maximum absolute atomic E-state index is 14.1. The van der Waals surface area contributed by atoms with Gasteiger partial charge in [-0.05, 0) is 37.1 Å². The Labute approximate surface area is 165 Å². The highest BCUT2D eigenvalue weighted by Gasteiger charge is 2.47. The van der Waals surface area contributed by atoms with Crippen molar-refractivity contribution in [1.29, 1.82) is 5.26 Å². The normalized spacial score (nSPS) is 14.2. The molecule has 144 valence electrons. The third-order valence-electron chi connectivity index (χ3n) is 5.17. The number of nitrogens with zero attached hydrogens (tertiary/aromatic N) is 6. The van der Waals surface area contributed by atoms with Gasteiger partial charge in [0.1, 0.15) is 24.0 Å². The maximum Gasteiger partial charge on any atom is 0.270 e. The molecule has 1 aliphatic carbocycles. The van der Waals surface area contributed by atoms with E-state index in [0.717, 1.165) is 16.8 Å². The molecular formula is C21H16F2N6. The first kappa shape index (κ1) is 17.5. The summed E-state index contributed by atoms with van der Waals surface area (Å²) in [6.07, 6.45) is 9.71. The predicted octanol–water partition coefficient (Wildman–Crippen LogP) is 4.18. The molecule has 5 rings (SSSR count). The molecule has 0 unspecified atom stereocenters. The molecule has 0 aliphatic heterocycles. The number of fused-ring (bicyclic) bond motifs is 1. The number of halogens is 2. The second-order valence-corrected chi connectivity index (χ2v) is 7.27. The van der Waals surface area contributed by atoms with E-state index in [1.54, 1.807) is 30.7 Å². The van der Waals surface area contributed by atoms with Crippen molar-refractivity contribution in [2.24, 2.45) is 5.92 Å². The quantitative estimate of drug-likeness (QED) is 0.513. The van der Waals surface area contributed by atoms with E-state index in [0.29, 0.717) is 24.1 Å². The summed E-state index contributed by atoms with van der Waals surface area (Å²) in [5.41, 5.74) is 3.79. The summed E-state index contributed by atoms with van der Waals surface area (Å²) in [4.78, 5) is 8.75. The Kier molecular flexibility index (Phi) is 3.91. The van der Waals surface area contributed by atoms with Gasteiger partial charge in [0.05, 0.1) is 11.9 Å². The van der Waals surface area contributed by atoms with Crippen molar-refractivity contribution in [3.63, 3.8) is 0 Å². The molecule has 4 aromatic heterocycles.